The van der Waals surface area contributed by atoms with Crippen LogP contribution in [0.5, 0.6) is 5.75 Å². The molecule has 5 nitrogen and oxygen atoms in total. The first kappa shape index (κ1) is 11.0. The maximum absolute atomic E-state index is 10.8. The topological polar surface area (TPSA) is 89.6 Å². The Labute approximate surface area is 86.5 Å². The third-order valence-electron chi connectivity index (χ3n) is 1.82. The third-order valence-corrected chi connectivity index (χ3v) is 1.82. The number of carboxylic acids is 1. The van der Waals surface area contributed by atoms with Crippen LogP contribution in [0.2, 0.25) is 0 Å². The van der Waals surface area contributed by atoms with E-state index in [0.717, 1.165) is 0 Å². The molecule has 0 aliphatic heterocycles. The Balaban J connectivity index is 2.94. The predicted octanol–water partition coefficient (Wildman–Crippen LogP) is 0.637. The van der Waals surface area contributed by atoms with Crippen molar-refractivity contribution in [3.63, 3.8) is 0 Å². The van der Waals surface area contributed by atoms with Crippen LogP contribution in [0.3, 0.4) is 0 Å². The van der Waals surface area contributed by atoms with E-state index in [9.17, 15) is 9.59 Å². The van der Waals surface area contributed by atoms with Crippen LogP contribution in [0, 0.1) is 0 Å². The summed E-state index contributed by atoms with van der Waals surface area (Å²) in [6.45, 7) is 1.46. The van der Waals surface area contributed by atoms with Crippen LogP contribution in [0.25, 0.3) is 0 Å². The van der Waals surface area contributed by atoms with Crippen LogP contribution < -0.4 is 10.5 Å². The number of rotatable bonds is 4. The first-order chi connectivity index (χ1) is 7.02. The molecule has 0 aliphatic carbocycles. The number of primary amides is 1. The Kier molecular flexibility index (Phi) is 3.28. The molecule has 0 radical (unpaired) electrons. The fourth-order valence-corrected chi connectivity index (χ4v) is 0.995. The SMILES string of the molecule is CC(Oc1ccccc1C(=O)O)C(N)=O. The van der Waals surface area contributed by atoms with E-state index in [1.165, 1.54) is 19.1 Å². The van der Waals surface area contributed by atoms with Crippen LogP contribution in [0.1, 0.15) is 17.3 Å². The molecular formula is C10H11NO4. The molecule has 0 aromatic heterocycles. The maximum atomic E-state index is 10.8. The van der Waals surface area contributed by atoms with Gasteiger partial charge in [0.15, 0.2) is 6.10 Å². The molecule has 0 saturated heterocycles. The molecule has 80 valence electrons. The minimum atomic E-state index is -1.11. The molecule has 0 fully saturated rings. The fraction of sp³-hybridized carbons (Fsp3) is 0.200. The van der Waals surface area contributed by atoms with E-state index in [1.54, 1.807) is 12.1 Å². The monoisotopic (exact) mass is 209 g/mol. The lowest BCUT2D eigenvalue weighted by molar-refractivity contribution is -0.124. The van der Waals surface area contributed by atoms with E-state index in [-0.39, 0.29) is 11.3 Å². The number of carbonyl (C=O) groups excluding carboxylic acids is 1. The van der Waals surface area contributed by atoms with E-state index >= 15 is 0 Å². The lowest BCUT2D eigenvalue weighted by Crippen LogP contribution is -2.31. The molecule has 3 N–H and O–H groups in total. The summed E-state index contributed by atoms with van der Waals surface area (Å²) in [6, 6.07) is 6.06. The van der Waals surface area contributed by atoms with Crippen LogP contribution in [0.15, 0.2) is 24.3 Å². The zero-order chi connectivity index (χ0) is 11.4. The maximum Gasteiger partial charge on any atom is 0.339 e. The van der Waals surface area contributed by atoms with Gasteiger partial charge >= 0.3 is 5.97 Å². The summed E-state index contributed by atoms with van der Waals surface area (Å²) in [4.78, 5) is 21.5. The highest BCUT2D eigenvalue weighted by molar-refractivity contribution is 5.91. The number of carboxylic acid groups (broad SMARTS) is 1. The molecule has 0 saturated carbocycles. The van der Waals surface area contributed by atoms with Gasteiger partial charge in [-0.2, -0.15) is 0 Å². The first-order valence-corrected chi connectivity index (χ1v) is 4.30. The number of amides is 1. The minimum Gasteiger partial charge on any atom is -0.480 e. The van der Waals surface area contributed by atoms with Crippen LogP contribution in [-0.2, 0) is 4.79 Å². The highest BCUT2D eigenvalue weighted by Crippen LogP contribution is 2.18. The molecule has 0 aliphatic rings. The normalized spacial score (nSPS) is 11.8. The lowest BCUT2D eigenvalue weighted by Gasteiger charge is -2.12. The lowest BCUT2D eigenvalue weighted by atomic mass is 10.2. The van der Waals surface area contributed by atoms with E-state index in [0.29, 0.717) is 0 Å². The van der Waals surface area contributed by atoms with E-state index in [4.69, 9.17) is 15.6 Å². The number of para-hydroxylation sites is 1. The minimum absolute atomic E-state index is 0.00519. The summed E-state index contributed by atoms with van der Waals surface area (Å²) in [7, 11) is 0. The highest BCUT2D eigenvalue weighted by atomic mass is 16.5. The average Bonchev–Trinajstić information content (AvgIpc) is 2.18. The Morgan fingerprint density at radius 1 is 1.40 bits per heavy atom. The van der Waals surface area contributed by atoms with Crippen molar-refractivity contribution in [1.29, 1.82) is 0 Å². The largest absolute Gasteiger partial charge is 0.480 e. The van der Waals surface area contributed by atoms with Crippen LogP contribution in [0.4, 0.5) is 0 Å². The zero-order valence-corrected chi connectivity index (χ0v) is 8.14. The van der Waals surface area contributed by atoms with E-state index in [2.05, 4.69) is 0 Å². The summed E-state index contributed by atoms with van der Waals surface area (Å²) in [5.74, 6) is -1.62. The van der Waals surface area contributed by atoms with Gasteiger partial charge in [0, 0.05) is 0 Å². The van der Waals surface area contributed by atoms with Crippen molar-refractivity contribution in [2.75, 3.05) is 0 Å². The van der Waals surface area contributed by atoms with E-state index < -0.39 is 18.0 Å². The van der Waals surface area contributed by atoms with Gasteiger partial charge in [0.2, 0.25) is 0 Å². The highest BCUT2D eigenvalue weighted by Gasteiger charge is 2.15. The Morgan fingerprint density at radius 2 is 2.00 bits per heavy atom. The summed E-state index contributed by atoms with van der Waals surface area (Å²) in [5, 5.41) is 8.82. The van der Waals surface area contributed by atoms with Crippen molar-refractivity contribution in [2.24, 2.45) is 5.73 Å². The Hall–Kier alpha value is -2.04. The van der Waals surface area contributed by atoms with Gasteiger partial charge < -0.3 is 15.6 Å². The van der Waals surface area contributed by atoms with Gasteiger partial charge in [0.25, 0.3) is 5.91 Å². The van der Waals surface area contributed by atoms with Crippen molar-refractivity contribution in [2.45, 2.75) is 13.0 Å². The van der Waals surface area contributed by atoms with Gasteiger partial charge in [-0.1, -0.05) is 12.1 Å². The number of hydrogen-bond acceptors (Lipinski definition) is 3. The summed E-state index contributed by atoms with van der Waals surface area (Å²) in [5.41, 5.74) is 5.00. The number of benzene rings is 1. The molecule has 1 rings (SSSR count). The number of ether oxygens (including phenoxy) is 1. The molecule has 1 unspecified atom stereocenters. The molecule has 5 heteroatoms. The first-order valence-electron chi connectivity index (χ1n) is 4.30. The van der Waals surface area contributed by atoms with Gasteiger partial charge in [-0.3, -0.25) is 4.79 Å². The second-order valence-electron chi connectivity index (χ2n) is 2.96. The van der Waals surface area contributed by atoms with Crippen molar-refractivity contribution in [3.05, 3.63) is 29.8 Å². The Bertz CT molecular complexity index is 389. The quantitative estimate of drug-likeness (QED) is 0.761. The molecule has 1 amide bonds. The van der Waals surface area contributed by atoms with Crippen molar-refractivity contribution in [3.8, 4) is 5.75 Å². The van der Waals surface area contributed by atoms with Gasteiger partial charge in [0.05, 0.1) is 0 Å². The molecule has 1 atom stereocenters. The van der Waals surface area contributed by atoms with Crippen molar-refractivity contribution in [1.82, 2.24) is 0 Å². The smallest absolute Gasteiger partial charge is 0.339 e. The van der Waals surface area contributed by atoms with Crippen LogP contribution in [-0.4, -0.2) is 23.1 Å². The molecule has 0 spiro atoms. The number of nitrogens with two attached hydrogens (primary N) is 1. The van der Waals surface area contributed by atoms with Gasteiger partial charge in [-0.15, -0.1) is 0 Å². The number of aromatic carboxylic acids is 1. The summed E-state index contributed by atoms with van der Waals surface area (Å²) < 4.78 is 5.11. The summed E-state index contributed by atoms with van der Waals surface area (Å²) in [6.07, 6.45) is -0.856. The molecule has 1 aromatic rings. The fourth-order valence-electron chi connectivity index (χ4n) is 0.995. The zero-order valence-electron chi connectivity index (χ0n) is 8.14. The molecule has 0 bridgehead atoms. The second kappa shape index (κ2) is 4.45. The Morgan fingerprint density at radius 3 is 2.53 bits per heavy atom. The van der Waals surface area contributed by atoms with E-state index in [1.807, 2.05) is 0 Å². The standard InChI is InChI=1S/C10H11NO4/c1-6(9(11)12)15-8-5-3-2-4-7(8)10(13)14/h2-6H,1H3,(H2,11,12)(H,13,14). The van der Waals surface area contributed by atoms with Crippen molar-refractivity contribution >= 4 is 11.9 Å². The van der Waals surface area contributed by atoms with Crippen molar-refractivity contribution < 1.29 is 19.4 Å². The number of hydrogen-bond donors (Lipinski definition) is 2. The molecule has 15 heavy (non-hydrogen) atoms. The van der Waals surface area contributed by atoms with Gasteiger partial charge in [0.1, 0.15) is 11.3 Å². The molecule has 1 aromatic carbocycles. The van der Waals surface area contributed by atoms with Gasteiger partial charge in [-0.25, -0.2) is 4.79 Å². The average molecular weight is 209 g/mol. The molecular weight excluding hydrogens is 198 g/mol. The predicted molar refractivity (Wildman–Crippen MR) is 52.7 cm³/mol. The number of carbonyl (C=O) groups is 2. The van der Waals surface area contributed by atoms with Crippen LogP contribution >= 0.6 is 0 Å². The van der Waals surface area contributed by atoms with Gasteiger partial charge in [-0.05, 0) is 19.1 Å². The summed E-state index contributed by atoms with van der Waals surface area (Å²) >= 11 is 0. The second-order valence-corrected chi connectivity index (χ2v) is 2.96. The third kappa shape index (κ3) is 2.70. The molecule has 0 heterocycles.